The maximum absolute atomic E-state index is 12.3. The number of aromatic nitrogens is 1. The van der Waals surface area contributed by atoms with E-state index in [4.69, 9.17) is 5.73 Å². The molecule has 3 rings (SSSR count). The molecule has 1 heterocycles. The Kier molecular flexibility index (Phi) is 3.58. The number of rotatable bonds is 2. The fraction of sp³-hybridized carbons (Fsp3) is 0. The maximum atomic E-state index is 12.3. The molecular formula is C16H12BrN3O. The summed E-state index contributed by atoms with van der Waals surface area (Å²) in [6, 6.07) is 14.6. The molecule has 0 aliphatic rings. The first-order valence-electron chi connectivity index (χ1n) is 6.35. The number of benzene rings is 2. The number of carbonyl (C=O) groups excluding carboxylic acids is 1. The Bertz CT molecular complexity index is 827. The Balaban J connectivity index is 1.94. The van der Waals surface area contributed by atoms with Crippen molar-refractivity contribution < 1.29 is 4.79 Å². The number of nitrogen functional groups attached to an aromatic ring is 1. The number of carbonyl (C=O) groups is 1. The summed E-state index contributed by atoms with van der Waals surface area (Å²) >= 11 is 3.31. The van der Waals surface area contributed by atoms with Crippen molar-refractivity contribution in [2.45, 2.75) is 0 Å². The molecule has 3 aromatic rings. The second-order valence-electron chi connectivity index (χ2n) is 4.57. The summed E-state index contributed by atoms with van der Waals surface area (Å²) in [5, 5.41) is 3.85. The predicted octanol–water partition coefficient (Wildman–Crippen LogP) is 3.83. The smallest absolute Gasteiger partial charge is 0.255 e. The van der Waals surface area contributed by atoms with E-state index in [1.54, 1.807) is 24.4 Å². The van der Waals surface area contributed by atoms with Crippen LogP contribution in [0.1, 0.15) is 10.4 Å². The average molecular weight is 342 g/mol. The molecule has 0 bridgehead atoms. The third kappa shape index (κ3) is 2.73. The van der Waals surface area contributed by atoms with Crippen LogP contribution in [0.4, 0.5) is 11.4 Å². The van der Waals surface area contributed by atoms with E-state index in [9.17, 15) is 4.79 Å². The standard InChI is InChI=1S/C16H12BrN3O/c17-12-7-6-11(9-13(12)18)16(21)20-14-5-1-3-10-4-2-8-19-15(10)14/h1-9H,18H2,(H,20,21). The van der Waals surface area contributed by atoms with Gasteiger partial charge in [-0.25, -0.2) is 0 Å². The topological polar surface area (TPSA) is 68.0 Å². The van der Waals surface area contributed by atoms with Crippen LogP contribution in [-0.4, -0.2) is 10.9 Å². The highest BCUT2D eigenvalue weighted by molar-refractivity contribution is 9.10. The molecule has 0 fully saturated rings. The molecule has 104 valence electrons. The van der Waals surface area contributed by atoms with Crippen molar-refractivity contribution in [2.24, 2.45) is 0 Å². The van der Waals surface area contributed by atoms with Gasteiger partial charge in [0.2, 0.25) is 0 Å². The number of hydrogen-bond acceptors (Lipinski definition) is 3. The third-order valence-electron chi connectivity index (χ3n) is 3.14. The van der Waals surface area contributed by atoms with Crippen molar-refractivity contribution in [1.29, 1.82) is 0 Å². The van der Waals surface area contributed by atoms with Gasteiger partial charge in [0, 0.05) is 27.3 Å². The van der Waals surface area contributed by atoms with E-state index in [2.05, 4.69) is 26.2 Å². The third-order valence-corrected chi connectivity index (χ3v) is 3.86. The van der Waals surface area contributed by atoms with E-state index in [0.717, 1.165) is 15.4 Å². The molecular weight excluding hydrogens is 330 g/mol. The monoisotopic (exact) mass is 341 g/mol. The van der Waals surface area contributed by atoms with Crippen LogP contribution < -0.4 is 11.1 Å². The molecule has 0 radical (unpaired) electrons. The zero-order chi connectivity index (χ0) is 14.8. The number of pyridine rings is 1. The second kappa shape index (κ2) is 5.54. The van der Waals surface area contributed by atoms with Crippen molar-refractivity contribution >= 4 is 44.1 Å². The first kappa shape index (κ1) is 13.6. The molecule has 0 unspecified atom stereocenters. The van der Waals surface area contributed by atoms with Gasteiger partial charge < -0.3 is 11.1 Å². The highest BCUT2D eigenvalue weighted by Gasteiger charge is 2.10. The number of hydrogen-bond donors (Lipinski definition) is 2. The Morgan fingerprint density at radius 1 is 1.14 bits per heavy atom. The van der Waals surface area contributed by atoms with Gasteiger partial charge >= 0.3 is 0 Å². The van der Waals surface area contributed by atoms with E-state index in [-0.39, 0.29) is 5.91 Å². The van der Waals surface area contributed by atoms with E-state index in [1.807, 2.05) is 30.3 Å². The fourth-order valence-electron chi connectivity index (χ4n) is 2.08. The van der Waals surface area contributed by atoms with E-state index in [1.165, 1.54) is 0 Å². The Hall–Kier alpha value is -2.40. The summed E-state index contributed by atoms with van der Waals surface area (Å²) < 4.78 is 0.769. The first-order chi connectivity index (χ1) is 10.1. The molecule has 21 heavy (non-hydrogen) atoms. The number of nitrogens with zero attached hydrogens (tertiary/aromatic N) is 1. The normalized spacial score (nSPS) is 10.5. The van der Waals surface area contributed by atoms with Gasteiger partial charge in [0.05, 0.1) is 11.2 Å². The molecule has 0 aliphatic carbocycles. The molecule has 5 heteroatoms. The zero-order valence-corrected chi connectivity index (χ0v) is 12.6. The van der Waals surface area contributed by atoms with Gasteiger partial charge in [0.25, 0.3) is 5.91 Å². The van der Waals surface area contributed by atoms with E-state index >= 15 is 0 Å². The number of fused-ring (bicyclic) bond motifs is 1. The van der Waals surface area contributed by atoms with Crippen LogP contribution in [0.2, 0.25) is 0 Å². The number of para-hydroxylation sites is 1. The quantitative estimate of drug-likeness (QED) is 0.696. The van der Waals surface area contributed by atoms with Gasteiger partial charge in [-0.3, -0.25) is 9.78 Å². The SMILES string of the molecule is Nc1cc(C(=O)Nc2cccc3cccnc23)ccc1Br. The van der Waals surface area contributed by atoms with E-state index < -0.39 is 0 Å². The van der Waals surface area contributed by atoms with Crippen LogP contribution >= 0.6 is 15.9 Å². The van der Waals surface area contributed by atoms with Crippen molar-refractivity contribution in [3.05, 3.63) is 64.8 Å². The summed E-state index contributed by atoms with van der Waals surface area (Å²) in [4.78, 5) is 16.6. The molecule has 1 aromatic heterocycles. The molecule has 0 spiro atoms. The number of halogens is 1. The van der Waals surface area contributed by atoms with Crippen molar-refractivity contribution in [3.63, 3.8) is 0 Å². The highest BCUT2D eigenvalue weighted by Crippen LogP contribution is 2.23. The number of nitrogens with two attached hydrogens (primary N) is 1. The van der Waals surface area contributed by atoms with Crippen LogP contribution in [-0.2, 0) is 0 Å². The molecule has 1 amide bonds. The number of amides is 1. The molecule has 2 aromatic carbocycles. The van der Waals surface area contributed by atoms with Crippen LogP contribution in [0.15, 0.2) is 59.2 Å². The molecule has 3 N–H and O–H groups in total. The average Bonchev–Trinajstić information content (AvgIpc) is 2.50. The summed E-state index contributed by atoms with van der Waals surface area (Å²) in [6.07, 6.45) is 1.70. The molecule has 4 nitrogen and oxygen atoms in total. The lowest BCUT2D eigenvalue weighted by Gasteiger charge is -2.09. The van der Waals surface area contributed by atoms with Gasteiger partial charge in [-0.15, -0.1) is 0 Å². The largest absolute Gasteiger partial charge is 0.398 e. The molecule has 0 saturated heterocycles. The minimum Gasteiger partial charge on any atom is -0.398 e. The van der Waals surface area contributed by atoms with Gasteiger partial charge in [-0.1, -0.05) is 18.2 Å². The number of nitrogens with one attached hydrogen (secondary N) is 1. The van der Waals surface area contributed by atoms with Crippen molar-refractivity contribution in [2.75, 3.05) is 11.1 Å². The summed E-state index contributed by atoms with van der Waals surface area (Å²) in [7, 11) is 0. The summed E-state index contributed by atoms with van der Waals surface area (Å²) in [5.74, 6) is -0.215. The molecule has 0 aliphatic heterocycles. The molecule has 0 saturated carbocycles. The maximum Gasteiger partial charge on any atom is 0.255 e. The fourth-order valence-corrected chi connectivity index (χ4v) is 2.33. The van der Waals surface area contributed by atoms with Crippen LogP contribution in [0.3, 0.4) is 0 Å². The minimum absolute atomic E-state index is 0.215. The summed E-state index contributed by atoms with van der Waals surface area (Å²) in [6.45, 7) is 0. The van der Waals surface area contributed by atoms with Gasteiger partial charge in [0.1, 0.15) is 0 Å². The predicted molar refractivity (Wildman–Crippen MR) is 88.3 cm³/mol. The Morgan fingerprint density at radius 2 is 1.95 bits per heavy atom. The Morgan fingerprint density at radius 3 is 2.76 bits per heavy atom. The first-order valence-corrected chi connectivity index (χ1v) is 7.14. The Labute approximate surface area is 130 Å². The van der Waals surface area contributed by atoms with Crippen molar-refractivity contribution in [1.82, 2.24) is 4.98 Å². The van der Waals surface area contributed by atoms with Gasteiger partial charge in [-0.2, -0.15) is 0 Å². The molecule has 0 atom stereocenters. The minimum atomic E-state index is -0.215. The highest BCUT2D eigenvalue weighted by atomic mass is 79.9. The lowest BCUT2D eigenvalue weighted by Crippen LogP contribution is -2.12. The van der Waals surface area contributed by atoms with Crippen LogP contribution in [0, 0.1) is 0 Å². The second-order valence-corrected chi connectivity index (χ2v) is 5.43. The van der Waals surface area contributed by atoms with E-state index in [0.29, 0.717) is 16.9 Å². The van der Waals surface area contributed by atoms with Crippen LogP contribution in [0.25, 0.3) is 10.9 Å². The van der Waals surface area contributed by atoms with Gasteiger partial charge in [0.15, 0.2) is 0 Å². The zero-order valence-electron chi connectivity index (χ0n) is 11.0. The van der Waals surface area contributed by atoms with Gasteiger partial charge in [-0.05, 0) is 46.3 Å². The lowest BCUT2D eigenvalue weighted by molar-refractivity contribution is 0.102. The van der Waals surface area contributed by atoms with Crippen LogP contribution in [0.5, 0.6) is 0 Å². The van der Waals surface area contributed by atoms with Crippen molar-refractivity contribution in [3.8, 4) is 0 Å². The number of anilines is 2. The summed E-state index contributed by atoms with van der Waals surface area (Å²) in [5.41, 5.74) is 8.28. The lowest BCUT2D eigenvalue weighted by atomic mass is 10.1.